The van der Waals surface area contributed by atoms with Crippen molar-refractivity contribution in [3.8, 4) is 0 Å². The number of aliphatic hydroxyl groups is 2. The van der Waals surface area contributed by atoms with Gasteiger partial charge in [-0.3, -0.25) is 0 Å². The molecular weight excluding hydrogens is 370 g/mol. The second kappa shape index (κ2) is 6.11. The van der Waals surface area contributed by atoms with E-state index < -0.39 is 0 Å². The van der Waals surface area contributed by atoms with E-state index in [2.05, 4.69) is 62.2 Å². The Balaban J connectivity index is 1.68. The first-order chi connectivity index (χ1) is 14.4. The van der Waals surface area contributed by atoms with Gasteiger partial charge in [-0.1, -0.05) is 45.0 Å². The van der Waals surface area contributed by atoms with Crippen LogP contribution in [0.5, 0.6) is 0 Å². The summed E-state index contributed by atoms with van der Waals surface area (Å²) in [5, 5.41) is 25.1. The molecule has 0 bridgehead atoms. The monoisotopic (exact) mass is 403 g/mol. The summed E-state index contributed by atoms with van der Waals surface area (Å²) in [6, 6.07) is 13.2. The predicted molar refractivity (Wildman–Crippen MR) is 122 cm³/mol. The lowest BCUT2D eigenvalue weighted by Gasteiger charge is -2.67. The predicted octanol–water partition coefficient (Wildman–Crippen LogP) is 5.54. The van der Waals surface area contributed by atoms with Gasteiger partial charge in [0, 0.05) is 27.2 Å². The van der Waals surface area contributed by atoms with Crippen LogP contribution in [-0.4, -0.2) is 27.4 Å². The average Bonchev–Trinajstić information content (AvgIpc) is 3.09. The molecule has 0 unspecified atom stereocenters. The molecule has 1 spiro atoms. The van der Waals surface area contributed by atoms with Crippen molar-refractivity contribution in [1.82, 2.24) is 4.98 Å². The Bertz CT molecular complexity index is 1140. The van der Waals surface area contributed by atoms with Crippen LogP contribution in [0.1, 0.15) is 63.5 Å². The van der Waals surface area contributed by atoms with Gasteiger partial charge >= 0.3 is 0 Å². The number of aromatic amines is 1. The number of aliphatic hydroxyl groups excluding tert-OH is 2. The number of aromatic nitrogens is 1. The molecule has 7 atom stereocenters. The Labute approximate surface area is 178 Å². The van der Waals surface area contributed by atoms with Crippen LogP contribution < -0.4 is 0 Å². The van der Waals surface area contributed by atoms with E-state index in [0.29, 0.717) is 17.8 Å². The zero-order chi connectivity index (χ0) is 20.8. The van der Waals surface area contributed by atoms with Crippen LogP contribution in [0.25, 0.3) is 21.8 Å². The van der Waals surface area contributed by atoms with Gasteiger partial charge in [-0.15, -0.1) is 0 Å². The SMILES string of the molecule is C[C@H]1C[C@H](O)[C@]2(C)[C@@H](C)C[C@@H](O)C[C@@]23CCc2ccc4[nH]c5ccccc5c4c2[C@@H]13. The largest absolute Gasteiger partial charge is 0.393 e. The highest BCUT2D eigenvalue weighted by atomic mass is 16.3. The van der Waals surface area contributed by atoms with E-state index in [0.717, 1.165) is 32.1 Å². The van der Waals surface area contributed by atoms with Gasteiger partial charge in [0.2, 0.25) is 0 Å². The number of hydrogen-bond acceptors (Lipinski definition) is 2. The highest BCUT2D eigenvalue weighted by Crippen LogP contribution is 2.71. The van der Waals surface area contributed by atoms with E-state index >= 15 is 0 Å². The Hall–Kier alpha value is -1.84. The molecule has 0 aliphatic heterocycles. The van der Waals surface area contributed by atoms with E-state index in [1.807, 2.05) is 0 Å². The van der Waals surface area contributed by atoms with Gasteiger partial charge in [0.25, 0.3) is 0 Å². The molecule has 0 amide bonds. The summed E-state index contributed by atoms with van der Waals surface area (Å²) in [6.45, 7) is 6.94. The molecule has 30 heavy (non-hydrogen) atoms. The van der Waals surface area contributed by atoms with Gasteiger partial charge in [-0.2, -0.15) is 0 Å². The maximum absolute atomic E-state index is 11.4. The maximum atomic E-state index is 11.4. The fourth-order valence-corrected chi connectivity index (χ4v) is 8.30. The van der Waals surface area contributed by atoms with Gasteiger partial charge in [0.15, 0.2) is 0 Å². The van der Waals surface area contributed by atoms with Crippen molar-refractivity contribution in [2.24, 2.45) is 22.7 Å². The van der Waals surface area contributed by atoms with Crippen molar-refractivity contribution in [3.63, 3.8) is 0 Å². The van der Waals surface area contributed by atoms with Crippen molar-refractivity contribution < 1.29 is 10.2 Å². The number of H-pyrrole nitrogens is 1. The van der Waals surface area contributed by atoms with Crippen LogP contribution in [0.15, 0.2) is 36.4 Å². The fourth-order valence-electron chi connectivity index (χ4n) is 8.30. The molecule has 2 aromatic carbocycles. The molecule has 2 saturated carbocycles. The van der Waals surface area contributed by atoms with Crippen molar-refractivity contribution >= 4 is 21.8 Å². The minimum atomic E-state index is -0.296. The van der Waals surface area contributed by atoms with E-state index in [1.165, 1.54) is 32.9 Å². The van der Waals surface area contributed by atoms with Crippen molar-refractivity contribution in [2.75, 3.05) is 0 Å². The Morgan fingerprint density at radius 2 is 1.80 bits per heavy atom. The standard InChI is InChI=1S/C27H33NO2/c1-15-12-22(30)26(3)16(2)13-18(29)14-27(26)11-10-17-8-9-21-24(23(17)25(15)27)19-6-4-5-7-20(19)28-21/h4-9,15-16,18,22,25,28-30H,10-14H2,1-3H3/t15-,16-,18+,22-,25+,26-,27+/m0/s1. The van der Waals surface area contributed by atoms with Gasteiger partial charge < -0.3 is 15.2 Å². The minimum absolute atomic E-state index is 0.0547. The quantitative estimate of drug-likeness (QED) is 0.462. The van der Waals surface area contributed by atoms with Crippen LogP contribution >= 0.6 is 0 Å². The number of aryl methyl sites for hydroxylation is 1. The third kappa shape index (κ3) is 2.13. The van der Waals surface area contributed by atoms with Crippen LogP contribution in [0.2, 0.25) is 0 Å². The number of nitrogens with one attached hydrogen (secondary N) is 1. The lowest BCUT2D eigenvalue weighted by Crippen LogP contribution is -2.64. The second-order valence-electron chi connectivity index (χ2n) is 10.9. The van der Waals surface area contributed by atoms with Crippen LogP contribution in [0.4, 0.5) is 0 Å². The molecule has 3 aromatic rings. The first kappa shape index (κ1) is 18.9. The second-order valence-corrected chi connectivity index (χ2v) is 10.9. The van der Waals surface area contributed by atoms with Crippen LogP contribution in [0, 0.1) is 22.7 Å². The van der Waals surface area contributed by atoms with E-state index in [-0.39, 0.29) is 23.0 Å². The van der Waals surface area contributed by atoms with E-state index in [1.54, 1.807) is 0 Å². The molecule has 158 valence electrons. The van der Waals surface area contributed by atoms with Crippen molar-refractivity contribution in [3.05, 3.63) is 47.5 Å². The summed E-state index contributed by atoms with van der Waals surface area (Å²) in [5.74, 6) is 1.08. The zero-order valence-corrected chi connectivity index (χ0v) is 18.3. The maximum Gasteiger partial charge on any atom is 0.0604 e. The number of hydrogen-bond donors (Lipinski definition) is 3. The number of para-hydroxylation sites is 1. The van der Waals surface area contributed by atoms with Crippen LogP contribution in [-0.2, 0) is 6.42 Å². The summed E-state index contributed by atoms with van der Waals surface area (Å²) in [4.78, 5) is 3.65. The molecule has 3 N–H and O–H groups in total. The highest BCUT2D eigenvalue weighted by Gasteiger charge is 2.66. The van der Waals surface area contributed by atoms with Gasteiger partial charge in [-0.25, -0.2) is 0 Å². The van der Waals surface area contributed by atoms with Crippen molar-refractivity contribution in [1.29, 1.82) is 0 Å². The third-order valence-corrected chi connectivity index (χ3v) is 9.73. The van der Waals surface area contributed by atoms with E-state index in [9.17, 15) is 10.2 Å². The Kier molecular flexibility index (Phi) is 3.85. The molecule has 2 fully saturated rings. The van der Waals surface area contributed by atoms with Gasteiger partial charge in [-0.05, 0) is 78.5 Å². The minimum Gasteiger partial charge on any atom is -0.393 e. The van der Waals surface area contributed by atoms with Gasteiger partial charge in [0.1, 0.15) is 0 Å². The fraction of sp³-hybridized carbons (Fsp3) is 0.556. The lowest BCUT2D eigenvalue weighted by atomic mass is 9.37. The zero-order valence-electron chi connectivity index (χ0n) is 18.3. The summed E-state index contributed by atoms with van der Waals surface area (Å²) in [5.41, 5.74) is 5.18. The topological polar surface area (TPSA) is 56.2 Å². The average molecular weight is 404 g/mol. The molecule has 0 saturated heterocycles. The first-order valence-electron chi connectivity index (χ1n) is 11.7. The highest BCUT2D eigenvalue weighted by molar-refractivity contribution is 6.09. The third-order valence-electron chi connectivity index (χ3n) is 9.73. The normalized spacial score (nSPS) is 40.8. The molecule has 1 heterocycles. The first-order valence-corrected chi connectivity index (χ1v) is 11.7. The van der Waals surface area contributed by atoms with E-state index in [4.69, 9.17) is 0 Å². The summed E-state index contributed by atoms with van der Waals surface area (Å²) >= 11 is 0. The summed E-state index contributed by atoms with van der Waals surface area (Å²) in [7, 11) is 0. The Morgan fingerprint density at radius 3 is 2.63 bits per heavy atom. The molecule has 0 radical (unpaired) electrons. The molecule has 1 aromatic heterocycles. The molecule has 3 aliphatic carbocycles. The molecule has 3 nitrogen and oxygen atoms in total. The number of benzene rings is 2. The summed E-state index contributed by atoms with van der Waals surface area (Å²) in [6.07, 6.45) is 4.01. The molecular formula is C27H33NO2. The smallest absolute Gasteiger partial charge is 0.0604 e. The number of rotatable bonds is 0. The Morgan fingerprint density at radius 1 is 1.00 bits per heavy atom. The number of fused-ring (bicyclic) bond motifs is 6. The lowest BCUT2D eigenvalue weighted by molar-refractivity contribution is -0.209. The summed E-state index contributed by atoms with van der Waals surface area (Å²) < 4.78 is 0. The van der Waals surface area contributed by atoms with Crippen LogP contribution in [0.3, 0.4) is 0 Å². The molecule has 3 heteroatoms. The molecule has 6 rings (SSSR count). The van der Waals surface area contributed by atoms with Gasteiger partial charge in [0.05, 0.1) is 12.2 Å². The molecule has 3 aliphatic rings. The van der Waals surface area contributed by atoms with Crippen molar-refractivity contribution in [2.45, 2.75) is 71.0 Å².